The van der Waals surface area contributed by atoms with Crippen molar-refractivity contribution in [1.29, 1.82) is 0 Å². The van der Waals surface area contributed by atoms with Crippen LogP contribution >= 0.6 is 0 Å². The van der Waals surface area contributed by atoms with Gasteiger partial charge in [-0.15, -0.1) is 15.0 Å². The predicted octanol–water partition coefficient (Wildman–Crippen LogP) is 2.32. The second kappa shape index (κ2) is 12.2. The molecule has 1 amide bonds. The Kier molecular flexibility index (Phi) is 8.29. The molecule has 2 aliphatic heterocycles. The molecule has 3 heterocycles. The highest BCUT2D eigenvalue weighted by molar-refractivity contribution is 6.08. The molecule has 5 atom stereocenters. The predicted molar refractivity (Wildman–Crippen MR) is 157 cm³/mol. The number of carboxylic acid groups (broad SMARTS) is 1. The number of rotatable bonds is 9. The number of aliphatic imine (C=N–C) groups is 1. The minimum Gasteiger partial charge on any atom is -0.479 e. The van der Waals surface area contributed by atoms with E-state index in [9.17, 15) is 30.0 Å². The third-order valence-electron chi connectivity index (χ3n) is 8.74. The summed E-state index contributed by atoms with van der Waals surface area (Å²) >= 11 is 0. The number of aliphatic hydroxyl groups excluding tert-OH is 3. The van der Waals surface area contributed by atoms with Gasteiger partial charge in [-0.05, 0) is 41.2 Å². The Morgan fingerprint density at radius 2 is 1.70 bits per heavy atom. The maximum absolute atomic E-state index is 13.5. The number of carbonyl (C=O) groups is 2. The fraction of sp³-hybridized carbons (Fsp3) is 0.484. The number of aliphatic hydroxyl groups is 3. The number of nitrogens with zero attached hydrogens (tertiary/aromatic N) is 6. The Labute approximate surface area is 253 Å². The monoisotopic (exact) mass is 604 g/mol. The number of amidine groups is 1. The fourth-order valence-corrected chi connectivity index (χ4v) is 6.30. The zero-order valence-electron chi connectivity index (χ0n) is 24.4. The number of hydrogen-bond acceptors (Lipinski definition) is 10. The summed E-state index contributed by atoms with van der Waals surface area (Å²) in [7, 11) is 0. The zero-order chi connectivity index (χ0) is 31.0. The number of ether oxygens (including phenoxy) is 1. The Balaban J connectivity index is 1.22. The summed E-state index contributed by atoms with van der Waals surface area (Å²) in [5.41, 5.74) is 2.71. The quantitative estimate of drug-likeness (QED) is 0.283. The van der Waals surface area contributed by atoms with E-state index < -0.39 is 42.2 Å². The van der Waals surface area contributed by atoms with Gasteiger partial charge < -0.3 is 25.2 Å². The number of unbranched alkanes of at least 4 members (excludes halogenated alkanes) is 1. The third-order valence-corrected chi connectivity index (χ3v) is 8.74. The van der Waals surface area contributed by atoms with Gasteiger partial charge in [0.1, 0.15) is 29.7 Å². The van der Waals surface area contributed by atoms with E-state index in [2.05, 4.69) is 22.3 Å². The summed E-state index contributed by atoms with van der Waals surface area (Å²) in [5, 5.41) is 52.4. The van der Waals surface area contributed by atoms with E-state index in [1.54, 1.807) is 0 Å². The maximum atomic E-state index is 13.5. The molecule has 2 unspecified atom stereocenters. The molecule has 44 heavy (non-hydrogen) atoms. The van der Waals surface area contributed by atoms with E-state index in [-0.39, 0.29) is 11.7 Å². The Bertz CT molecular complexity index is 1550. The summed E-state index contributed by atoms with van der Waals surface area (Å²) in [4.78, 5) is 32.8. The van der Waals surface area contributed by atoms with Gasteiger partial charge in [0, 0.05) is 12.0 Å². The average molecular weight is 605 g/mol. The minimum atomic E-state index is -1.83. The molecule has 0 bridgehead atoms. The summed E-state index contributed by atoms with van der Waals surface area (Å²) < 4.78 is 5.33. The van der Waals surface area contributed by atoms with Crippen LogP contribution in [0.25, 0.3) is 22.5 Å². The largest absolute Gasteiger partial charge is 0.479 e. The van der Waals surface area contributed by atoms with Crippen molar-refractivity contribution in [2.75, 3.05) is 0 Å². The lowest BCUT2D eigenvalue weighted by atomic mass is 9.97. The van der Waals surface area contributed by atoms with Crippen LogP contribution in [0.3, 0.4) is 0 Å². The summed E-state index contributed by atoms with van der Waals surface area (Å²) in [6.07, 6.45) is -2.05. The second-order valence-electron chi connectivity index (χ2n) is 11.7. The van der Waals surface area contributed by atoms with Gasteiger partial charge in [0.15, 0.2) is 6.10 Å². The van der Waals surface area contributed by atoms with Crippen LogP contribution in [0.15, 0.2) is 53.5 Å². The highest BCUT2D eigenvalue weighted by Crippen LogP contribution is 2.40. The number of benzene rings is 2. The van der Waals surface area contributed by atoms with Crippen molar-refractivity contribution in [3.8, 4) is 22.5 Å². The van der Waals surface area contributed by atoms with Gasteiger partial charge in [-0.2, -0.15) is 0 Å². The molecule has 1 saturated carbocycles. The van der Waals surface area contributed by atoms with Gasteiger partial charge in [-0.25, -0.2) is 4.79 Å². The SMILES string of the molecule is CCCCC1=NC2(CCCC2)C(=O)N1Cc1ccc(-c2ccccc2-c2nnn([C@@H]3OC(C(=O)O)[C@@H](O)[C@@H](O)C3O)n2)cc1. The minimum absolute atomic E-state index is 0.119. The van der Waals surface area contributed by atoms with E-state index in [0.29, 0.717) is 12.1 Å². The van der Waals surface area contributed by atoms with Crippen LogP contribution in [0.4, 0.5) is 0 Å². The van der Waals surface area contributed by atoms with Gasteiger partial charge in [-0.3, -0.25) is 14.7 Å². The van der Waals surface area contributed by atoms with Crippen molar-refractivity contribution in [3.05, 3.63) is 54.1 Å². The lowest BCUT2D eigenvalue weighted by Crippen LogP contribution is -2.58. The number of hydrogen-bond donors (Lipinski definition) is 4. The molecule has 2 aromatic carbocycles. The topological polar surface area (TPSA) is 183 Å². The molecule has 3 aromatic rings. The molecule has 3 aliphatic rings. The molecule has 13 heteroatoms. The van der Waals surface area contributed by atoms with Crippen LogP contribution in [-0.4, -0.2) is 93.2 Å². The highest BCUT2D eigenvalue weighted by atomic mass is 16.6. The summed E-state index contributed by atoms with van der Waals surface area (Å²) in [6, 6.07) is 15.3. The van der Waals surface area contributed by atoms with Crippen LogP contribution in [0, 0.1) is 0 Å². The first-order chi connectivity index (χ1) is 21.2. The number of tetrazole rings is 1. The second-order valence-corrected chi connectivity index (χ2v) is 11.7. The lowest BCUT2D eigenvalue weighted by Gasteiger charge is -2.37. The Morgan fingerprint density at radius 3 is 2.39 bits per heavy atom. The van der Waals surface area contributed by atoms with Crippen LogP contribution < -0.4 is 0 Å². The van der Waals surface area contributed by atoms with Crippen molar-refractivity contribution < 1.29 is 34.8 Å². The number of carbonyl (C=O) groups excluding carboxylic acids is 1. The highest BCUT2D eigenvalue weighted by Gasteiger charge is 2.50. The van der Waals surface area contributed by atoms with E-state index in [1.807, 2.05) is 53.4 Å². The molecule has 0 radical (unpaired) electrons. The average Bonchev–Trinajstić information content (AvgIpc) is 3.77. The van der Waals surface area contributed by atoms with Crippen LogP contribution in [-0.2, 0) is 20.9 Å². The first kappa shape index (κ1) is 30.0. The van der Waals surface area contributed by atoms with Gasteiger partial charge in [-0.1, -0.05) is 74.7 Å². The van der Waals surface area contributed by atoms with Crippen molar-refractivity contribution in [2.24, 2.45) is 4.99 Å². The van der Waals surface area contributed by atoms with Crippen LogP contribution in [0.1, 0.15) is 63.7 Å². The van der Waals surface area contributed by atoms with Gasteiger partial charge in [0.05, 0.1) is 6.54 Å². The lowest BCUT2D eigenvalue weighted by molar-refractivity contribution is -0.251. The van der Waals surface area contributed by atoms with Crippen molar-refractivity contribution >= 4 is 17.7 Å². The first-order valence-electron chi connectivity index (χ1n) is 15.0. The molecule has 1 saturated heterocycles. The smallest absolute Gasteiger partial charge is 0.335 e. The molecule has 1 spiro atoms. The van der Waals surface area contributed by atoms with Crippen molar-refractivity contribution in [2.45, 2.75) is 94.6 Å². The van der Waals surface area contributed by atoms with Crippen LogP contribution in [0.2, 0.25) is 0 Å². The molecule has 4 N–H and O–H groups in total. The summed E-state index contributed by atoms with van der Waals surface area (Å²) in [5.74, 6) is -0.298. The number of carboxylic acids is 1. The van der Waals surface area contributed by atoms with Crippen molar-refractivity contribution in [1.82, 2.24) is 25.1 Å². The molecular weight excluding hydrogens is 568 g/mol. The van der Waals surface area contributed by atoms with Crippen LogP contribution in [0.5, 0.6) is 0 Å². The van der Waals surface area contributed by atoms with Gasteiger partial charge >= 0.3 is 5.97 Å². The zero-order valence-corrected chi connectivity index (χ0v) is 24.4. The maximum Gasteiger partial charge on any atom is 0.335 e. The molecule has 1 aromatic heterocycles. The molecule has 13 nitrogen and oxygen atoms in total. The van der Waals surface area contributed by atoms with Crippen molar-refractivity contribution in [3.63, 3.8) is 0 Å². The Hall–Kier alpha value is -4.04. The number of aliphatic carboxylic acids is 1. The molecule has 6 rings (SSSR count). The number of amides is 1. The molecule has 2 fully saturated rings. The fourth-order valence-electron chi connectivity index (χ4n) is 6.30. The van der Waals surface area contributed by atoms with E-state index in [4.69, 9.17) is 9.73 Å². The Morgan fingerprint density at radius 1 is 1.00 bits per heavy atom. The van der Waals surface area contributed by atoms with E-state index in [1.165, 1.54) is 0 Å². The van der Waals surface area contributed by atoms with Gasteiger partial charge in [0.2, 0.25) is 12.1 Å². The van der Waals surface area contributed by atoms with E-state index >= 15 is 0 Å². The molecular formula is C31H36N6O7. The summed E-state index contributed by atoms with van der Waals surface area (Å²) in [6.45, 7) is 2.60. The third kappa shape index (κ3) is 5.40. The standard InChI is InChI=1S/C31H36N6O7/c1-2-3-10-22-32-31(15-6-7-16-31)30(43)36(22)17-18-11-13-19(14-12-18)20-8-4-5-9-21(20)27-33-35-37(34-27)28-25(40)23(38)24(39)26(44-28)29(41)42/h4-5,8-9,11-14,23-26,28,38-40H,2-3,6-7,10,15-17H2,1H3,(H,41,42)/t23-,24+,25?,26?,28-/m1/s1. The van der Waals surface area contributed by atoms with Gasteiger partial charge in [0.25, 0.3) is 5.91 Å². The number of aromatic nitrogens is 4. The first-order valence-corrected chi connectivity index (χ1v) is 15.0. The van der Waals surface area contributed by atoms with E-state index in [0.717, 1.165) is 72.3 Å². The molecule has 232 valence electrons. The normalized spacial score (nSPS) is 26.4. The molecule has 1 aliphatic carbocycles.